The van der Waals surface area contributed by atoms with Gasteiger partial charge in [0.15, 0.2) is 8.07 Å². The zero-order valence-corrected chi connectivity index (χ0v) is 22.2. The summed E-state index contributed by atoms with van der Waals surface area (Å²) in [5, 5.41) is 9.59. The number of benzene rings is 6. The second-order valence-electron chi connectivity index (χ2n) is 10.0. The van der Waals surface area contributed by atoms with Crippen LogP contribution in [0.1, 0.15) is 0 Å². The van der Waals surface area contributed by atoms with Gasteiger partial charge in [0.25, 0.3) is 0 Å². The SMILES string of the molecule is c1ccc([Si](c2ccccc2)(c2cccc3c2oc2ccccc23)c2cccc3c2oc2ccccc23)cc1. The minimum Gasteiger partial charge on any atom is -0.456 e. The smallest absolute Gasteiger partial charge is 0.188 e. The van der Waals surface area contributed by atoms with Crippen molar-refractivity contribution in [2.75, 3.05) is 0 Å². The molecule has 2 nitrogen and oxygen atoms in total. The van der Waals surface area contributed by atoms with Gasteiger partial charge < -0.3 is 8.83 Å². The first-order valence-corrected chi connectivity index (χ1v) is 15.3. The van der Waals surface area contributed by atoms with Crippen molar-refractivity contribution in [2.45, 2.75) is 0 Å². The lowest BCUT2D eigenvalue weighted by Gasteiger charge is -2.34. The highest BCUT2D eigenvalue weighted by Gasteiger charge is 2.45. The fraction of sp³-hybridized carbons (Fsp3) is 0. The molecule has 184 valence electrons. The van der Waals surface area contributed by atoms with Crippen molar-refractivity contribution < 1.29 is 8.83 Å². The largest absolute Gasteiger partial charge is 0.456 e. The predicted octanol–water partition coefficient (Wildman–Crippen LogP) is 6.86. The van der Waals surface area contributed by atoms with Gasteiger partial charge in [0, 0.05) is 21.5 Å². The van der Waals surface area contributed by atoms with Crippen molar-refractivity contribution in [2.24, 2.45) is 0 Å². The van der Waals surface area contributed by atoms with Gasteiger partial charge in [0.2, 0.25) is 0 Å². The molecule has 8 aromatic rings. The topological polar surface area (TPSA) is 26.3 Å². The molecule has 0 unspecified atom stereocenters. The second kappa shape index (κ2) is 8.59. The van der Waals surface area contributed by atoms with Crippen molar-refractivity contribution >= 4 is 72.7 Å². The highest BCUT2D eigenvalue weighted by Crippen LogP contribution is 2.31. The maximum Gasteiger partial charge on any atom is 0.188 e. The van der Waals surface area contributed by atoms with E-state index < -0.39 is 8.07 Å². The molecule has 2 aromatic heterocycles. The van der Waals surface area contributed by atoms with Gasteiger partial charge in [0.1, 0.15) is 22.3 Å². The Morgan fingerprint density at radius 1 is 0.333 bits per heavy atom. The molecule has 0 spiro atoms. The standard InChI is InChI=1S/C36H24O2Si/c1-3-13-25(14-4-1)39(26-15-5-2-6-16-26,33-23-11-19-29-27-17-7-9-21-31(27)37-35(29)33)34-24-12-20-30-28-18-8-10-22-32(28)38-36(30)34/h1-24H. The third-order valence-corrected chi connectivity index (χ3v) is 12.8. The van der Waals surface area contributed by atoms with Crippen molar-refractivity contribution in [3.05, 3.63) is 146 Å². The lowest BCUT2D eigenvalue weighted by atomic mass is 10.1. The average Bonchev–Trinajstić information content (AvgIpc) is 3.58. The molecule has 0 bridgehead atoms. The molecule has 0 radical (unpaired) electrons. The summed E-state index contributed by atoms with van der Waals surface area (Å²) in [5.41, 5.74) is 3.72. The van der Waals surface area contributed by atoms with Crippen LogP contribution in [0.3, 0.4) is 0 Å². The summed E-state index contributed by atoms with van der Waals surface area (Å²) in [6, 6.07) is 51.9. The molecule has 8 rings (SSSR count). The van der Waals surface area contributed by atoms with Gasteiger partial charge in [0.05, 0.1) is 0 Å². The maximum absolute atomic E-state index is 6.73. The number of furan rings is 2. The van der Waals surface area contributed by atoms with Crippen LogP contribution in [0.4, 0.5) is 0 Å². The third-order valence-electron chi connectivity index (χ3n) is 8.03. The highest BCUT2D eigenvalue weighted by atomic mass is 28.3. The molecule has 0 aliphatic rings. The van der Waals surface area contributed by atoms with Crippen LogP contribution in [0.5, 0.6) is 0 Å². The first-order valence-electron chi connectivity index (χ1n) is 13.3. The van der Waals surface area contributed by atoms with E-state index in [0.29, 0.717) is 0 Å². The first-order chi connectivity index (χ1) is 19.4. The molecule has 6 aromatic carbocycles. The molecular formula is C36H24O2Si. The molecule has 39 heavy (non-hydrogen) atoms. The molecule has 0 aliphatic heterocycles. The van der Waals surface area contributed by atoms with E-state index in [-0.39, 0.29) is 0 Å². The van der Waals surface area contributed by atoms with E-state index in [1.807, 2.05) is 12.1 Å². The summed E-state index contributed by atoms with van der Waals surface area (Å²) < 4.78 is 13.5. The maximum atomic E-state index is 6.73. The normalized spacial score (nSPS) is 12.1. The summed E-state index contributed by atoms with van der Waals surface area (Å²) >= 11 is 0. The molecule has 2 heterocycles. The zero-order valence-electron chi connectivity index (χ0n) is 21.2. The second-order valence-corrected chi connectivity index (χ2v) is 13.8. The van der Waals surface area contributed by atoms with Gasteiger partial charge in [-0.1, -0.05) is 133 Å². The van der Waals surface area contributed by atoms with Crippen molar-refractivity contribution in [1.82, 2.24) is 0 Å². The minimum absolute atomic E-state index is 0.908. The lowest BCUT2D eigenvalue weighted by Crippen LogP contribution is -2.75. The molecule has 0 atom stereocenters. The van der Waals surface area contributed by atoms with E-state index >= 15 is 0 Å². The molecule has 0 saturated heterocycles. The van der Waals surface area contributed by atoms with E-state index in [4.69, 9.17) is 8.83 Å². The van der Waals surface area contributed by atoms with Crippen LogP contribution < -0.4 is 20.7 Å². The van der Waals surface area contributed by atoms with E-state index in [0.717, 1.165) is 43.9 Å². The Kier molecular flexibility index (Phi) is 4.88. The Hall–Kier alpha value is -4.86. The molecule has 0 aliphatic carbocycles. The summed E-state index contributed by atoms with van der Waals surface area (Å²) in [5.74, 6) is 0. The van der Waals surface area contributed by atoms with Gasteiger partial charge in [-0.25, -0.2) is 0 Å². The number of fused-ring (bicyclic) bond motifs is 6. The highest BCUT2D eigenvalue weighted by molar-refractivity contribution is 7.21. The van der Waals surface area contributed by atoms with Gasteiger partial charge in [-0.05, 0) is 32.9 Å². The Bertz CT molecular complexity index is 1970. The van der Waals surface area contributed by atoms with Crippen LogP contribution in [-0.2, 0) is 0 Å². The van der Waals surface area contributed by atoms with Crippen LogP contribution in [0.15, 0.2) is 154 Å². The molecule has 3 heteroatoms. The van der Waals surface area contributed by atoms with Crippen molar-refractivity contribution in [3.63, 3.8) is 0 Å². The van der Waals surface area contributed by atoms with E-state index in [9.17, 15) is 0 Å². The molecule has 0 saturated carbocycles. The summed E-state index contributed by atoms with van der Waals surface area (Å²) in [7, 11) is -2.94. The van der Waals surface area contributed by atoms with Crippen LogP contribution in [0.2, 0.25) is 0 Å². The molecule has 0 N–H and O–H groups in total. The van der Waals surface area contributed by atoms with Gasteiger partial charge in [-0.3, -0.25) is 0 Å². The fourth-order valence-corrected chi connectivity index (χ4v) is 11.4. The quantitative estimate of drug-likeness (QED) is 0.189. The summed E-state index contributed by atoms with van der Waals surface area (Å²) in [6.07, 6.45) is 0. The number of rotatable bonds is 4. The third kappa shape index (κ3) is 3.14. The average molecular weight is 517 g/mol. The molecule has 0 fully saturated rings. The number of hydrogen-bond acceptors (Lipinski definition) is 2. The van der Waals surface area contributed by atoms with Crippen molar-refractivity contribution in [3.8, 4) is 0 Å². The Morgan fingerprint density at radius 2 is 0.718 bits per heavy atom. The fourth-order valence-electron chi connectivity index (χ4n) is 6.40. The Balaban J connectivity index is 1.61. The Labute approximate surface area is 226 Å². The monoisotopic (exact) mass is 516 g/mol. The summed E-state index contributed by atoms with van der Waals surface area (Å²) in [6.45, 7) is 0. The van der Waals surface area contributed by atoms with Crippen LogP contribution in [-0.4, -0.2) is 8.07 Å². The summed E-state index contributed by atoms with van der Waals surface area (Å²) in [4.78, 5) is 0. The zero-order chi connectivity index (χ0) is 25.8. The number of para-hydroxylation sites is 4. The van der Waals surface area contributed by atoms with Crippen LogP contribution in [0, 0.1) is 0 Å². The minimum atomic E-state index is -2.94. The van der Waals surface area contributed by atoms with E-state index in [1.54, 1.807) is 0 Å². The van der Waals surface area contributed by atoms with E-state index in [1.165, 1.54) is 20.7 Å². The molecule has 0 amide bonds. The first kappa shape index (κ1) is 22.2. The van der Waals surface area contributed by atoms with E-state index in [2.05, 4.69) is 133 Å². The van der Waals surface area contributed by atoms with Gasteiger partial charge in [-0.2, -0.15) is 0 Å². The number of hydrogen-bond donors (Lipinski definition) is 0. The Morgan fingerprint density at radius 3 is 1.18 bits per heavy atom. The van der Waals surface area contributed by atoms with Gasteiger partial charge in [-0.15, -0.1) is 0 Å². The van der Waals surface area contributed by atoms with Gasteiger partial charge >= 0.3 is 0 Å². The predicted molar refractivity (Wildman–Crippen MR) is 165 cm³/mol. The lowest BCUT2D eigenvalue weighted by molar-refractivity contribution is 0.670. The van der Waals surface area contributed by atoms with Crippen LogP contribution >= 0.6 is 0 Å². The molecular weight excluding hydrogens is 492 g/mol. The van der Waals surface area contributed by atoms with Crippen LogP contribution in [0.25, 0.3) is 43.9 Å². The van der Waals surface area contributed by atoms with Crippen molar-refractivity contribution in [1.29, 1.82) is 0 Å².